The first kappa shape index (κ1) is 18.7. The number of amides is 1. The van der Waals surface area contributed by atoms with Gasteiger partial charge in [-0.05, 0) is 55.7 Å². The van der Waals surface area contributed by atoms with Gasteiger partial charge in [-0.1, -0.05) is 40.6 Å². The van der Waals surface area contributed by atoms with Crippen molar-refractivity contribution in [1.82, 2.24) is 4.98 Å². The number of thiazole rings is 1. The van der Waals surface area contributed by atoms with E-state index in [-0.39, 0.29) is 12.0 Å². The van der Waals surface area contributed by atoms with E-state index in [1.165, 1.54) is 11.3 Å². The van der Waals surface area contributed by atoms with Crippen molar-refractivity contribution in [3.05, 3.63) is 57.6 Å². The van der Waals surface area contributed by atoms with Gasteiger partial charge in [0.15, 0.2) is 5.13 Å². The predicted octanol–water partition coefficient (Wildman–Crippen LogP) is 5.74. The molecule has 0 aliphatic carbocycles. The summed E-state index contributed by atoms with van der Waals surface area (Å²) in [4.78, 5) is 19.7. The maximum atomic E-state index is 13.3. The summed E-state index contributed by atoms with van der Waals surface area (Å²) in [6.07, 6.45) is 1.97. The molecule has 3 aromatic rings. The molecular formula is C20H18Cl2N2O2S. The van der Waals surface area contributed by atoms with Crippen LogP contribution in [-0.4, -0.2) is 30.1 Å². The molecule has 1 fully saturated rings. The van der Waals surface area contributed by atoms with E-state index in [4.69, 9.17) is 32.9 Å². The summed E-state index contributed by atoms with van der Waals surface area (Å²) in [5.41, 5.74) is 2.40. The number of aryl methyl sites for hydroxylation is 1. The first-order valence-corrected chi connectivity index (χ1v) is 10.3. The molecule has 2 heterocycles. The maximum absolute atomic E-state index is 13.3. The van der Waals surface area contributed by atoms with Crippen LogP contribution in [0.2, 0.25) is 10.0 Å². The highest BCUT2D eigenvalue weighted by molar-refractivity contribution is 7.22. The number of hydrogen-bond donors (Lipinski definition) is 0. The second-order valence-electron chi connectivity index (χ2n) is 6.63. The van der Waals surface area contributed by atoms with Gasteiger partial charge >= 0.3 is 0 Å². The van der Waals surface area contributed by atoms with Gasteiger partial charge in [0.05, 0.1) is 22.9 Å². The molecular weight excluding hydrogens is 403 g/mol. The minimum Gasteiger partial charge on any atom is -0.376 e. The Kier molecular flexibility index (Phi) is 5.37. The average molecular weight is 421 g/mol. The molecule has 0 radical (unpaired) electrons. The zero-order chi connectivity index (χ0) is 19.0. The van der Waals surface area contributed by atoms with E-state index in [0.29, 0.717) is 27.3 Å². The molecule has 1 aliphatic rings. The topological polar surface area (TPSA) is 42.4 Å². The van der Waals surface area contributed by atoms with Crippen LogP contribution in [-0.2, 0) is 4.74 Å². The summed E-state index contributed by atoms with van der Waals surface area (Å²) in [7, 11) is 0. The van der Waals surface area contributed by atoms with Crippen LogP contribution in [0.25, 0.3) is 10.2 Å². The number of halogens is 2. The van der Waals surface area contributed by atoms with E-state index in [9.17, 15) is 4.79 Å². The fraction of sp³-hybridized carbons (Fsp3) is 0.300. The zero-order valence-electron chi connectivity index (χ0n) is 14.7. The Bertz CT molecular complexity index is 999. The van der Waals surface area contributed by atoms with E-state index in [2.05, 4.69) is 0 Å². The molecule has 0 N–H and O–H groups in total. The van der Waals surface area contributed by atoms with Gasteiger partial charge < -0.3 is 4.74 Å². The van der Waals surface area contributed by atoms with Gasteiger partial charge in [0.25, 0.3) is 5.91 Å². The SMILES string of the molecule is Cc1cc(Cl)cc2sc(N(CC3CCCO3)C(=O)c3cccc(Cl)c3)nc12. The van der Waals surface area contributed by atoms with Crippen molar-refractivity contribution < 1.29 is 9.53 Å². The predicted molar refractivity (Wildman–Crippen MR) is 111 cm³/mol. The average Bonchev–Trinajstić information content (AvgIpc) is 3.28. The first-order chi connectivity index (χ1) is 13.0. The quantitative estimate of drug-likeness (QED) is 0.540. The Hall–Kier alpha value is -1.66. The second-order valence-corrected chi connectivity index (χ2v) is 8.51. The van der Waals surface area contributed by atoms with Crippen molar-refractivity contribution in [3.8, 4) is 0 Å². The molecule has 4 nitrogen and oxygen atoms in total. The highest BCUT2D eigenvalue weighted by atomic mass is 35.5. The van der Waals surface area contributed by atoms with Crippen molar-refractivity contribution in [1.29, 1.82) is 0 Å². The van der Waals surface area contributed by atoms with Crippen molar-refractivity contribution in [2.75, 3.05) is 18.1 Å². The molecule has 1 aromatic heterocycles. The number of rotatable bonds is 4. The van der Waals surface area contributed by atoms with E-state index in [1.54, 1.807) is 29.2 Å². The summed E-state index contributed by atoms with van der Waals surface area (Å²) >= 11 is 13.7. The number of ether oxygens (including phenoxy) is 1. The minimum absolute atomic E-state index is 0.0184. The van der Waals surface area contributed by atoms with Crippen molar-refractivity contribution >= 4 is 55.8 Å². The van der Waals surface area contributed by atoms with Crippen LogP contribution in [0.15, 0.2) is 36.4 Å². The summed E-state index contributed by atoms with van der Waals surface area (Å²) < 4.78 is 6.73. The summed E-state index contributed by atoms with van der Waals surface area (Å²) in [5, 5.41) is 1.85. The molecule has 140 valence electrons. The van der Waals surface area contributed by atoms with Crippen molar-refractivity contribution in [3.63, 3.8) is 0 Å². The largest absolute Gasteiger partial charge is 0.376 e. The number of fused-ring (bicyclic) bond motifs is 1. The second kappa shape index (κ2) is 7.76. The number of carbonyl (C=O) groups excluding carboxylic acids is 1. The molecule has 1 unspecified atom stereocenters. The zero-order valence-corrected chi connectivity index (χ0v) is 17.1. The van der Waals surface area contributed by atoms with E-state index < -0.39 is 0 Å². The summed E-state index contributed by atoms with van der Waals surface area (Å²) in [6, 6.07) is 10.8. The van der Waals surface area contributed by atoms with Gasteiger partial charge in [0, 0.05) is 22.2 Å². The van der Waals surface area contributed by atoms with Gasteiger partial charge in [-0.2, -0.15) is 0 Å². The van der Waals surface area contributed by atoms with E-state index in [0.717, 1.165) is 35.2 Å². The molecule has 7 heteroatoms. The summed E-state index contributed by atoms with van der Waals surface area (Å²) in [6.45, 7) is 3.18. The molecule has 0 spiro atoms. The highest BCUT2D eigenvalue weighted by Gasteiger charge is 2.27. The smallest absolute Gasteiger partial charge is 0.260 e. The minimum atomic E-state index is -0.129. The van der Waals surface area contributed by atoms with Gasteiger partial charge in [-0.3, -0.25) is 9.69 Å². The standard InChI is InChI=1S/C20H18Cl2N2O2S/c1-12-8-15(22)10-17-18(12)23-20(27-17)24(11-16-6-3-7-26-16)19(25)13-4-2-5-14(21)9-13/h2,4-5,8-10,16H,3,6-7,11H2,1H3. The monoisotopic (exact) mass is 420 g/mol. The third kappa shape index (κ3) is 3.97. The Morgan fingerprint density at radius 1 is 1.30 bits per heavy atom. The van der Waals surface area contributed by atoms with Crippen LogP contribution in [0.3, 0.4) is 0 Å². The maximum Gasteiger partial charge on any atom is 0.260 e. The van der Waals surface area contributed by atoms with Crippen LogP contribution in [0.1, 0.15) is 28.8 Å². The molecule has 1 atom stereocenters. The molecule has 1 amide bonds. The van der Waals surface area contributed by atoms with Gasteiger partial charge in [0.1, 0.15) is 0 Å². The van der Waals surface area contributed by atoms with Gasteiger partial charge in [-0.15, -0.1) is 0 Å². The number of aromatic nitrogens is 1. The van der Waals surface area contributed by atoms with Gasteiger partial charge in [-0.25, -0.2) is 4.98 Å². The molecule has 0 saturated carbocycles. The number of hydrogen-bond acceptors (Lipinski definition) is 4. The highest BCUT2D eigenvalue weighted by Crippen LogP contribution is 2.34. The normalized spacial score (nSPS) is 16.8. The fourth-order valence-electron chi connectivity index (χ4n) is 3.28. The molecule has 27 heavy (non-hydrogen) atoms. The molecule has 0 bridgehead atoms. The van der Waals surface area contributed by atoms with Crippen molar-refractivity contribution in [2.24, 2.45) is 0 Å². The van der Waals surface area contributed by atoms with Crippen LogP contribution in [0.4, 0.5) is 5.13 Å². The third-order valence-corrected chi connectivity index (χ3v) is 6.08. The Labute approximate surface area is 171 Å². The summed E-state index contributed by atoms with van der Waals surface area (Å²) in [5.74, 6) is -0.129. The van der Waals surface area contributed by atoms with Gasteiger partial charge in [0.2, 0.25) is 0 Å². The number of carbonyl (C=O) groups is 1. The lowest BCUT2D eigenvalue weighted by Crippen LogP contribution is -2.37. The lowest BCUT2D eigenvalue weighted by Gasteiger charge is -2.23. The number of anilines is 1. The molecule has 1 saturated heterocycles. The van der Waals surface area contributed by atoms with Crippen LogP contribution in [0.5, 0.6) is 0 Å². The van der Waals surface area contributed by atoms with Crippen molar-refractivity contribution in [2.45, 2.75) is 25.9 Å². The van der Waals surface area contributed by atoms with Crippen LogP contribution < -0.4 is 4.90 Å². The van der Waals surface area contributed by atoms with Crippen LogP contribution in [0, 0.1) is 6.92 Å². The molecule has 2 aromatic carbocycles. The Balaban J connectivity index is 1.75. The molecule has 4 rings (SSSR count). The Morgan fingerprint density at radius 2 is 2.15 bits per heavy atom. The fourth-order valence-corrected chi connectivity index (χ4v) is 4.89. The lowest BCUT2D eigenvalue weighted by atomic mass is 10.2. The number of benzene rings is 2. The third-order valence-electron chi connectivity index (χ3n) is 4.60. The van der Waals surface area contributed by atoms with Crippen LogP contribution >= 0.6 is 34.5 Å². The molecule has 1 aliphatic heterocycles. The van der Waals surface area contributed by atoms with E-state index in [1.807, 2.05) is 19.1 Å². The Morgan fingerprint density at radius 3 is 2.89 bits per heavy atom. The number of nitrogens with zero attached hydrogens (tertiary/aromatic N) is 2. The lowest BCUT2D eigenvalue weighted by molar-refractivity contribution is 0.0917. The van der Waals surface area contributed by atoms with E-state index >= 15 is 0 Å². The first-order valence-electron chi connectivity index (χ1n) is 8.77.